The summed E-state index contributed by atoms with van der Waals surface area (Å²) in [4.78, 5) is 23.4. The highest BCUT2D eigenvalue weighted by atomic mass is 32.1. The second kappa shape index (κ2) is 6.55. The molecule has 132 valence electrons. The van der Waals surface area contributed by atoms with E-state index in [0.29, 0.717) is 11.4 Å². The zero-order chi connectivity index (χ0) is 18.1. The van der Waals surface area contributed by atoms with Crippen molar-refractivity contribution in [3.8, 4) is 11.5 Å². The number of esters is 1. The summed E-state index contributed by atoms with van der Waals surface area (Å²) in [6.07, 6.45) is 0. The van der Waals surface area contributed by atoms with E-state index in [1.54, 1.807) is 13.8 Å². The van der Waals surface area contributed by atoms with Crippen LogP contribution >= 0.6 is 12.2 Å². The molecule has 0 bridgehead atoms. The fourth-order valence-corrected chi connectivity index (χ4v) is 3.01. The Balaban J connectivity index is 2.15. The van der Waals surface area contributed by atoms with Crippen molar-refractivity contribution in [2.75, 3.05) is 13.4 Å². The Labute approximate surface area is 148 Å². The van der Waals surface area contributed by atoms with Gasteiger partial charge in [-0.2, -0.15) is 0 Å². The van der Waals surface area contributed by atoms with E-state index in [-0.39, 0.29) is 41.1 Å². The number of nitro benzene ring substituents is 1. The highest BCUT2D eigenvalue weighted by molar-refractivity contribution is 7.80. The van der Waals surface area contributed by atoms with Gasteiger partial charge in [0.05, 0.1) is 34.8 Å². The Kier molecular flexibility index (Phi) is 4.45. The molecule has 0 spiro atoms. The molecule has 0 amide bonds. The normalized spacial score (nSPS) is 18.5. The Morgan fingerprint density at radius 2 is 2.12 bits per heavy atom. The molecule has 0 aromatic heterocycles. The van der Waals surface area contributed by atoms with Crippen molar-refractivity contribution in [3.63, 3.8) is 0 Å². The molecule has 2 aliphatic rings. The number of carbonyl (C=O) groups is 1. The lowest BCUT2D eigenvalue weighted by Gasteiger charge is -2.29. The van der Waals surface area contributed by atoms with Crippen LogP contribution in [-0.2, 0) is 9.53 Å². The lowest BCUT2D eigenvalue weighted by molar-refractivity contribution is -0.385. The number of nitro groups is 1. The van der Waals surface area contributed by atoms with E-state index in [1.165, 1.54) is 12.1 Å². The number of nitrogens with one attached hydrogen (secondary N) is 2. The van der Waals surface area contributed by atoms with Crippen molar-refractivity contribution in [2.45, 2.75) is 19.9 Å². The summed E-state index contributed by atoms with van der Waals surface area (Å²) in [5, 5.41) is 17.5. The minimum Gasteiger partial charge on any atom is -0.463 e. The van der Waals surface area contributed by atoms with Crippen LogP contribution < -0.4 is 20.1 Å². The van der Waals surface area contributed by atoms with Crippen LogP contribution in [0.3, 0.4) is 0 Å². The van der Waals surface area contributed by atoms with Gasteiger partial charge in [0.2, 0.25) is 6.79 Å². The van der Waals surface area contributed by atoms with Gasteiger partial charge < -0.3 is 24.8 Å². The molecule has 3 rings (SSSR count). The quantitative estimate of drug-likeness (QED) is 0.356. The van der Waals surface area contributed by atoms with Gasteiger partial charge in [0.25, 0.3) is 5.69 Å². The largest absolute Gasteiger partial charge is 0.463 e. The van der Waals surface area contributed by atoms with Crippen LogP contribution in [0.4, 0.5) is 5.69 Å². The molecule has 0 aliphatic carbocycles. The fraction of sp³-hybridized carbons (Fsp3) is 0.333. The minimum atomic E-state index is -0.845. The Morgan fingerprint density at radius 1 is 1.44 bits per heavy atom. The monoisotopic (exact) mass is 365 g/mol. The van der Waals surface area contributed by atoms with Crippen LogP contribution in [-0.4, -0.2) is 29.4 Å². The van der Waals surface area contributed by atoms with Gasteiger partial charge in [0, 0.05) is 5.70 Å². The molecule has 1 aromatic rings. The van der Waals surface area contributed by atoms with Crippen molar-refractivity contribution < 1.29 is 23.9 Å². The Hall–Kier alpha value is -2.88. The molecule has 10 heteroatoms. The number of ether oxygens (including phenoxy) is 3. The molecule has 0 saturated carbocycles. The van der Waals surface area contributed by atoms with Gasteiger partial charge >= 0.3 is 5.97 Å². The molecule has 2 heterocycles. The van der Waals surface area contributed by atoms with E-state index in [9.17, 15) is 14.9 Å². The first-order valence-electron chi connectivity index (χ1n) is 7.45. The van der Waals surface area contributed by atoms with Gasteiger partial charge in [0.15, 0.2) is 16.6 Å². The lowest BCUT2D eigenvalue weighted by atomic mass is 9.94. The van der Waals surface area contributed by atoms with Crippen LogP contribution in [0.5, 0.6) is 11.5 Å². The Bertz CT molecular complexity index is 807. The maximum atomic E-state index is 12.4. The molecule has 0 radical (unpaired) electrons. The average molecular weight is 365 g/mol. The summed E-state index contributed by atoms with van der Waals surface area (Å²) >= 11 is 5.14. The van der Waals surface area contributed by atoms with Gasteiger partial charge in [-0.3, -0.25) is 10.1 Å². The molecular formula is C15H15N3O6S. The number of fused-ring (bicyclic) bond motifs is 1. The van der Waals surface area contributed by atoms with Crippen LogP contribution in [0.15, 0.2) is 23.4 Å². The summed E-state index contributed by atoms with van der Waals surface area (Å²) in [5.74, 6) is 0.0672. The van der Waals surface area contributed by atoms with Crippen molar-refractivity contribution in [2.24, 2.45) is 0 Å². The van der Waals surface area contributed by atoms with Crippen LogP contribution in [0.1, 0.15) is 25.5 Å². The summed E-state index contributed by atoms with van der Waals surface area (Å²) in [5.41, 5.74) is 0.720. The number of nitrogens with zero attached hydrogens (tertiary/aromatic N) is 1. The molecule has 2 aliphatic heterocycles. The minimum absolute atomic E-state index is 0.0202. The van der Waals surface area contributed by atoms with Gasteiger partial charge in [-0.05, 0) is 32.1 Å². The molecule has 0 unspecified atom stereocenters. The summed E-state index contributed by atoms with van der Waals surface area (Å²) < 4.78 is 15.6. The molecule has 1 atom stereocenters. The molecule has 2 N–H and O–H groups in total. The van der Waals surface area contributed by atoms with Gasteiger partial charge in [0.1, 0.15) is 0 Å². The van der Waals surface area contributed by atoms with E-state index in [1.807, 2.05) is 0 Å². The third-order valence-corrected chi connectivity index (χ3v) is 4.01. The van der Waals surface area contributed by atoms with Crippen LogP contribution in [0, 0.1) is 10.1 Å². The first-order valence-corrected chi connectivity index (χ1v) is 7.86. The summed E-state index contributed by atoms with van der Waals surface area (Å²) in [6.45, 7) is 3.50. The van der Waals surface area contributed by atoms with E-state index in [2.05, 4.69) is 10.6 Å². The van der Waals surface area contributed by atoms with Gasteiger partial charge in [-0.15, -0.1) is 0 Å². The van der Waals surface area contributed by atoms with Gasteiger partial charge in [-0.25, -0.2) is 4.79 Å². The number of benzene rings is 1. The molecular weight excluding hydrogens is 350 g/mol. The second-order valence-electron chi connectivity index (χ2n) is 5.31. The van der Waals surface area contributed by atoms with Crippen LogP contribution in [0.25, 0.3) is 0 Å². The maximum Gasteiger partial charge on any atom is 0.338 e. The maximum absolute atomic E-state index is 12.4. The molecule has 1 aromatic carbocycles. The zero-order valence-electron chi connectivity index (χ0n) is 13.5. The highest BCUT2D eigenvalue weighted by Gasteiger charge is 2.36. The number of hydrogen-bond donors (Lipinski definition) is 2. The lowest BCUT2D eigenvalue weighted by Crippen LogP contribution is -2.45. The average Bonchev–Trinajstić information content (AvgIpc) is 3.00. The number of thiocarbonyl (C=S) groups is 1. The molecule has 25 heavy (non-hydrogen) atoms. The third-order valence-electron chi connectivity index (χ3n) is 3.79. The van der Waals surface area contributed by atoms with Crippen LogP contribution in [0.2, 0.25) is 0 Å². The number of allylic oxidation sites excluding steroid dienone is 1. The second-order valence-corrected chi connectivity index (χ2v) is 5.72. The van der Waals surface area contributed by atoms with Crippen molar-refractivity contribution in [1.29, 1.82) is 0 Å². The molecule has 0 saturated heterocycles. The van der Waals surface area contributed by atoms with E-state index in [4.69, 9.17) is 26.4 Å². The topological polar surface area (TPSA) is 112 Å². The van der Waals surface area contributed by atoms with Crippen molar-refractivity contribution in [3.05, 3.63) is 39.1 Å². The zero-order valence-corrected chi connectivity index (χ0v) is 14.3. The third kappa shape index (κ3) is 3.07. The number of hydrogen-bond acceptors (Lipinski definition) is 7. The van der Waals surface area contributed by atoms with E-state index in [0.717, 1.165) is 0 Å². The smallest absolute Gasteiger partial charge is 0.338 e. The van der Waals surface area contributed by atoms with Crippen molar-refractivity contribution >= 4 is 29.0 Å². The first kappa shape index (κ1) is 17.0. The Morgan fingerprint density at radius 3 is 2.76 bits per heavy atom. The number of carbonyl (C=O) groups excluding carboxylic acids is 1. The van der Waals surface area contributed by atoms with E-state index >= 15 is 0 Å². The molecule has 9 nitrogen and oxygen atoms in total. The summed E-state index contributed by atoms with van der Waals surface area (Å²) in [6, 6.07) is 1.92. The van der Waals surface area contributed by atoms with E-state index < -0.39 is 16.9 Å². The summed E-state index contributed by atoms with van der Waals surface area (Å²) in [7, 11) is 0. The fourth-order valence-electron chi connectivity index (χ4n) is 2.74. The standard InChI is InChI=1S/C15H15N3O6S/c1-3-22-14(19)12-7(2)16-15(25)17-13(12)8-4-10-11(24-6-23-10)5-9(8)18(20)21/h4-5,13H,3,6H2,1-2H3,(H2,16,17,25)/t13-/m0/s1. The predicted octanol–water partition coefficient (Wildman–Crippen LogP) is 1.68. The number of rotatable bonds is 4. The predicted molar refractivity (Wildman–Crippen MR) is 90.2 cm³/mol. The van der Waals surface area contributed by atoms with Crippen molar-refractivity contribution in [1.82, 2.24) is 10.6 Å². The van der Waals surface area contributed by atoms with Gasteiger partial charge in [-0.1, -0.05) is 0 Å². The highest BCUT2D eigenvalue weighted by Crippen LogP contribution is 2.42. The SMILES string of the molecule is CCOC(=O)C1=C(C)NC(=S)N[C@H]1c1cc2c(cc1[N+](=O)[O-])OCO2. The first-order chi connectivity index (χ1) is 11.9. The molecule has 0 fully saturated rings.